The van der Waals surface area contributed by atoms with Gasteiger partial charge in [0.1, 0.15) is 0 Å². The molecule has 0 aliphatic carbocycles. The van der Waals surface area contributed by atoms with Crippen LogP contribution >= 0.6 is 0 Å². The Bertz CT molecular complexity index is 147. The number of hydrogen-bond acceptors (Lipinski definition) is 2. The molecular formula is C7H13NO2. The Labute approximate surface area is 60.6 Å². The van der Waals surface area contributed by atoms with E-state index in [-0.39, 0.29) is 12.0 Å². The van der Waals surface area contributed by atoms with Crippen molar-refractivity contribution in [1.82, 2.24) is 4.90 Å². The van der Waals surface area contributed by atoms with Crippen molar-refractivity contribution < 1.29 is 9.90 Å². The molecular weight excluding hydrogens is 130 g/mol. The van der Waals surface area contributed by atoms with E-state index in [9.17, 15) is 4.79 Å². The van der Waals surface area contributed by atoms with Gasteiger partial charge in [-0.3, -0.25) is 4.79 Å². The van der Waals surface area contributed by atoms with Crippen molar-refractivity contribution in [2.24, 2.45) is 5.92 Å². The van der Waals surface area contributed by atoms with E-state index >= 15 is 0 Å². The van der Waals surface area contributed by atoms with Gasteiger partial charge in [0, 0.05) is 6.04 Å². The average molecular weight is 143 g/mol. The summed E-state index contributed by atoms with van der Waals surface area (Å²) < 4.78 is 0. The molecule has 1 saturated heterocycles. The molecule has 0 spiro atoms. The minimum Gasteiger partial charge on any atom is -0.481 e. The normalized spacial score (nSPS) is 29.2. The smallest absolute Gasteiger partial charge is 0.307 e. The van der Waals surface area contributed by atoms with Gasteiger partial charge >= 0.3 is 5.97 Å². The first-order chi connectivity index (χ1) is 4.63. The zero-order valence-electron chi connectivity index (χ0n) is 6.37. The summed E-state index contributed by atoms with van der Waals surface area (Å²) >= 11 is 0. The predicted molar refractivity (Wildman–Crippen MR) is 37.8 cm³/mol. The second-order valence-electron chi connectivity index (χ2n) is 2.96. The zero-order valence-corrected chi connectivity index (χ0v) is 6.37. The molecule has 0 aromatic carbocycles. The number of likely N-dealkylation sites (tertiary alicyclic amines) is 1. The van der Waals surface area contributed by atoms with Gasteiger partial charge in [-0.05, 0) is 20.0 Å². The lowest BCUT2D eigenvalue weighted by molar-refractivity contribution is -0.145. The molecule has 0 radical (unpaired) electrons. The summed E-state index contributed by atoms with van der Waals surface area (Å²) in [6, 6.07) is 0.275. The second-order valence-corrected chi connectivity index (χ2v) is 2.96. The molecule has 0 aromatic rings. The Morgan fingerprint density at radius 2 is 2.40 bits per heavy atom. The third kappa shape index (κ3) is 1.14. The van der Waals surface area contributed by atoms with E-state index in [4.69, 9.17) is 5.11 Å². The first-order valence-corrected chi connectivity index (χ1v) is 3.56. The minimum atomic E-state index is -0.684. The van der Waals surface area contributed by atoms with Gasteiger partial charge in [0.2, 0.25) is 0 Å². The van der Waals surface area contributed by atoms with Crippen LogP contribution in [0.25, 0.3) is 0 Å². The number of carboxylic acid groups (broad SMARTS) is 1. The standard InChI is InChI=1S/C7H13NO2/c1-5(7(9)10)6-3-4-8(6)2/h5-6H,3-4H2,1-2H3,(H,9,10). The SMILES string of the molecule is CC(C(=O)O)C1CCN1C. The van der Waals surface area contributed by atoms with Crippen molar-refractivity contribution >= 4 is 5.97 Å². The van der Waals surface area contributed by atoms with E-state index in [0.29, 0.717) is 0 Å². The summed E-state index contributed by atoms with van der Waals surface area (Å²) in [5.41, 5.74) is 0. The fraction of sp³-hybridized carbons (Fsp3) is 0.857. The van der Waals surface area contributed by atoms with Crippen molar-refractivity contribution in [3.63, 3.8) is 0 Å². The second kappa shape index (κ2) is 2.58. The van der Waals surface area contributed by atoms with Crippen LogP contribution in [0.1, 0.15) is 13.3 Å². The summed E-state index contributed by atoms with van der Waals surface area (Å²) in [5.74, 6) is -0.893. The summed E-state index contributed by atoms with van der Waals surface area (Å²) in [7, 11) is 1.97. The monoisotopic (exact) mass is 143 g/mol. The molecule has 0 bridgehead atoms. The van der Waals surface area contributed by atoms with E-state index < -0.39 is 5.97 Å². The molecule has 0 amide bonds. The molecule has 3 nitrogen and oxygen atoms in total. The van der Waals surface area contributed by atoms with E-state index in [2.05, 4.69) is 4.90 Å². The highest BCUT2D eigenvalue weighted by atomic mass is 16.4. The lowest BCUT2D eigenvalue weighted by atomic mass is 9.91. The van der Waals surface area contributed by atoms with Gasteiger partial charge in [0.05, 0.1) is 5.92 Å². The van der Waals surface area contributed by atoms with Gasteiger partial charge < -0.3 is 10.0 Å². The van der Waals surface area contributed by atoms with E-state index in [1.807, 2.05) is 7.05 Å². The van der Waals surface area contributed by atoms with Crippen LogP contribution in [0.4, 0.5) is 0 Å². The summed E-state index contributed by atoms with van der Waals surface area (Å²) in [6.07, 6.45) is 1.03. The van der Waals surface area contributed by atoms with Crippen LogP contribution in [0.3, 0.4) is 0 Å². The molecule has 3 heteroatoms. The fourth-order valence-corrected chi connectivity index (χ4v) is 1.33. The number of hydrogen-bond donors (Lipinski definition) is 1. The molecule has 2 unspecified atom stereocenters. The molecule has 1 aliphatic heterocycles. The van der Waals surface area contributed by atoms with Gasteiger partial charge in [-0.1, -0.05) is 6.92 Å². The third-order valence-corrected chi connectivity index (χ3v) is 2.31. The topological polar surface area (TPSA) is 40.5 Å². The average Bonchev–Trinajstić information content (AvgIpc) is 1.84. The van der Waals surface area contributed by atoms with Gasteiger partial charge in [0.25, 0.3) is 0 Å². The Morgan fingerprint density at radius 3 is 2.50 bits per heavy atom. The van der Waals surface area contributed by atoms with Crippen LogP contribution in [0.2, 0.25) is 0 Å². The lowest BCUT2D eigenvalue weighted by Crippen LogP contribution is -2.50. The van der Waals surface area contributed by atoms with Crippen molar-refractivity contribution in [3.8, 4) is 0 Å². The van der Waals surface area contributed by atoms with Crippen molar-refractivity contribution in [1.29, 1.82) is 0 Å². The highest BCUT2D eigenvalue weighted by Gasteiger charge is 2.33. The van der Waals surface area contributed by atoms with Gasteiger partial charge in [0.15, 0.2) is 0 Å². The van der Waals surface area contributed by atoms with Crippen molar-refractivity contribution in [2.75, 3.05) is 13.6 Å². The number of rotatable bonds is 2. The summed E-state index contributed by atoms with van der Waals surface area (Å²) in [4.78, 5) is 12.5. The van der Waals surface area contributed by atoms with Crippen molar-refractivity contribution in [2.45, 2.75) is 19.4 Å². The predicted octanol–water partition coefficient (Wildman–Crippen LogP) is 0.411. The third-order valence-electron chi connectivity index (χ3n) is 2.31. The molecule has 2 atom stereocenters. The maximum atomic E-state index is 10.5. The van der Waals surface area contributed by atoms with Gasteiger partial charge in [-0.15, -0.1) is 0 Å². The molecule has 1 rings (SSSR count). The highest BCUT2D eigenvalue weighted by molar-refractivity contribution is 5.70. The van der Waals surface area contributed by atoms with Crippen LogP contribution < -0.4 is 0 Å². The number of aliphatic carboxylic acids is 1. The maximum absolute atomic E-state index is 10.5. The molecule has 0 aromatic heterocycles. The number of carbonyl (C=O) groups is 1. The Hall–Kier alpha value is -0.570. The van der Waals surface area contributed by atoms with Crippen LogP contribution in [-0.4, -0.2) is 35.6 Å². The molecule has 1 N–H and O–H groups in total. The Kier molecular flexibility index (Phi) is 1.94. The van der Waals surface area contributed by atoms with E-state index in [1.54, 1.807) is 6.92 Å². The maximum Gasteiger partial charge on any atom is 0.307 e. The largest absolute Gasteiger partial charge is 0.481 e. The van der Waals surface area contributed by atoms with Crippen LogP contribution in [0.15, 0.2) is 0 Å². The summed E-state index contributed by atoms with van der Waals surface area (Å²) in [5, 5.41) is 8.61. The minimum absolute atomic E-state index is 0.209. The molecule has 1 aliphatic rings. The summed E-state index contributed by atoms with van der Waals surface area (Å²) in [6.45, 7) is 2.81. The Morgan fingerprint density at radius 1 is 1.80 bits per heavy atom. The first kappa shape index (κ1) is 7.54. The van der Waals surface area contributed by atoms with Crippen LogP contribution in [0.5, 0.6) is 0 Å². The molecule has 10 heavy (non-hydrogen) atoms. The molecule has 0 saturated carbocycles. The van der Waals surface area contributed by atoms with Gasteiger partial charge in [-0.25, -0.2) is 0 Å². The fourth-order valence-electron chi connectivity index (χ4n) is 1.33. The van der Waals surface area contributed by atoms with Crippen molar-refractivity contribution in [3.05, 3.63) is 0 Å². The first-order valence-electron chi connectivity index (χ1n) is 3.56. The zero-order chi connectivity index (χ0) is 7.72. The Balaban J connectivity index is 2.41. The highest BCUT2D eigenvalue weighted by Crippen LogP contribution is 2.22. The van der Waals surface area contributed by atoms with E-state index in [0.717, 1.165) is 13.0 Å². The number of nitrogens with zero attached hydrogens (tertiary/aromatic N) is 1. The quantitative estimate of drug-likeness (QED) is 0.608. The van der Waals surface area contributed by atoms with Gasteiger partial charge in [-0.2, -0.15) is 0 Å². The number of carboxylic acids is 1. The van der Waals surface area contributed by atoms with E-state index in [1.165, 1.54) is 0 Å². The van der Waals surface area contributed by atoms with Crippen LogP contribution in [0, 0.1) is 5.92 Å². The lowest BCUT2D eigenvalue weighted by Gasteiger charge is -2.40. The van der Waals surface area contributed by atoms with Crippen LogP contribution in [-0.2, 0) is 4.79 Å². The molecule has 1 fully saturated rings. The molecule has 1 heterocycles. The molecule has 58 valence electrons.